The average molecular weight is 347 g/mol. The summed E-state index contributed by atoms with van der Waals surface area (Å²) in [6.45, 7) is 2.05. The summed E-state index contributed by atoms with van der Waals surface area (Å²) in [5, 5.41) is 20.4. The van der Waals surface area contributed by atoms with Crippen LogP contribution in [-0.4, -0.2) is 19.1 Å². The lowest BCUT2D eigenvalue weighted by atomic mass is 10.1. The second-order valence-corrected chi connectivity index (χ2v) is 5.12. The molecule has 0 bridgehead atoms. The molecule has 6 heteroatoms. The standard InChI is InChI=1S/C20H17N3O3/c1-2-25-19-11-15(10-16(12-21)13-22)8-9-18(19)26-14-20(24)23-17-6-4-3-5-7-17/h3-11H,2,14H2,1H3,(H,23,24). The number of ether oxygens (including phenoxy) is 2. The molecule has 1 amide bonds. The molecule has 130 valence electrons. The van der Waals surface area contributed by atoms with Gasteiger partial charge in [0.1, 0.15) is 17.7 Å². The number of para-hydroxylation sites is 1. The molecule has 2 rings (SSSR count). The maximum atomic E-state index is 12.0. The smallest absolute Gasteiger partial charge is 0.262 e. The zero-order chi connectivity index (χ0) is 18.8. The van der Waals surface area contributed by atoms with Crippen LogP contribution >= 0.6 is 0 Å². The van der Waals surface area contributed by atoms with Crippen LogP contribution in [0.25, 0.3) is 6.08 Å². The number of benzene rings is 2. The van der Waals surface area contributed by atoms with Crippen molar-refractivity contribution in [2.45, 2.75) is 6.92 Å². The maximum Gasteiger partial charge on any atom is 0.262 e. The van der Waals surface area contributed by atoms with Gasteiger partial charge in [0.15, 0.2) is 18.1 Å². The van der Waals surface area contributed by atoms with Crippen molar-refractivity contribution >= 4 is 17.7 Å². The monoisotopic (exact) mass is 347 g/mol. The molecule has 0 unspecified atom stereocenters. The van der Waals surface area contributed by atoms with Crippen LogP contribution in [0.1, 0.15) is 12.5 Å². The minimum atomic E-state index is -0.293. The van der Waals surface area contributed by atoms with Gasteiger partial charge in [0.25, 0.3) is 5.91 Å². The fourth-order valence-corrected chi connectivity index (χ4v) is 2.12. The molecule has 0 atom stereocenters. The van der Waals surface area contributed by atoms with Crippen molar-refractivity contribution in [3.8, 4) is 23.6 Å². The zero-order valence-corrected chi connectivity index (χ0v) is 14.2. The Bertz CT molecular complexity index is 861. The molecule has 0 aliphatic heterocycles. The lowest BCUT2D eigenvalue weighted by molar-refractivity contribution is -0.118. The molecule has 0 aromatic heterocycles. The number of amides is 1. The molecule has 2 aromatic rings. The predicted molar refractivity (Wildman–Crippen MR) is 97.4 cm³/mol. The normalized spacial score (nSPS) is 9.35. The van der Waals surface area contributed by atoms with E-state index >= 15 is 0 Å². The molecule has 0 spiro atoms. The van der Waals surface area contributed by atoms with Crippen molar-refractivity contribution < 1.29 is 14.3 Å². The van der Waals surface area contributed by atoms with Crippen LogP contribution < -0.4 is 14.8 Å². The van der Waals surface area contributed by atoms with Crippen LogP contribution in [0.15, 0.2) is 54.1 Å². The molecule has 0 aliphatic rings. The summed E-state index contributed by atoms with van der Waals surface area (Å²) >= 11 is 0. The number of hydrogen-bond acceptors (Lipinski definition) is 5. The Labute approximate surface area is 151 Å². The van der Waals surface area contributed by atoms with Crippen molar-refractivity contribution in [1.82, 2.24) is 0 Å². The number of nitrogens with zero attached hydrogens (tertiary/aromatic N) is 2. The number of anilines is 1. The Balaban J connectivity index is 2.08. The number of nitrogens with one attached hydrogen (secondary N) is 1. The number of carbonyl (C=O) groups excluding carboxylic acids is 1. The van der Waals surface area contributed by atoms with E-state index in [0.717, 1.165) is 0 Å². The summed E-state index contributed by atoms with van der Waals surface area (Å²) in [6.07, 6.45) is 1.45. The van der Waals surface area contributed by atoms with E-state index in [1.807, 2.05) is 25.1 Å². The van der Waals surface area contributed by atoms with Crippen molar-refractivity contribution in [3.63, 3.8) is 0 Å². The Morgan fingerprint density at radius 2 is 1.81 bits per heavy atom. The first-order valence-corrected chi connectivity index (χ1v) is 7.92. The van der Waals surface area contributed by atoms with E-state index in [4.69, 9.17) is 20.0 Å². The van der Waals surface area contributed by atoms with Gasteiger partial charge in [-0.05, 0) is 42.8 Å². The number of rotatable bonds is 7. The fourth-order valence-electron chi connectivity index (χ4n) is 2.12. The molecule has 0 saturated carbocycles. The van der Waals surface area contributed by atoms with Crippen LogP contribution in [0.2, 0.25) is 0 Å². The number of allylic oxidation sites excluding steroid dienone is 1. The van der Waals surface area contributed by atoms with Crippen LogP contribution in [0.3, 0.4) is 0 Å². The first kappa shape index (κ1) is 18.6. The van der Waals surface area contributed by atoms with Gasteiger partial charge in [0, 0.05) is 5.69 Å². The summed E-state index contributed by atoms with van der Waals surface area (Å²) in [5.74, 6) is 0.547. The van der Waals surface area contributed by atoms with Gasteiger partial charge in [-0.3, -0.25) is 4.79 Å². The Kier molecular flexibility index (Phi) is 6.79. The van der Waals surface area contributed by atoms with Crippen molar-refractivity contribution in [3.05, 3.63) is 59.7 Å². The van der Waals surface area contributed by atoms with Crippen LogP contribution in [-0.2, 0) is 4.79 Å². The van der Waals surface area contributed by atoms with E-state index in [1.165, 1.54) is 6.08 Å². The van der Waals surface area contributed by atoms with Gasteiger partial charge in [-0.25, -0.2) is 0 Å². The molecule has 2 aromatic carbocycles. The summed E-state index contributed by atoms with van der Waals surface area (Å²) < 4.78 is 11.1. The predicted octanol–water partition coefficient (Wildman–Crippen LogP) is 3.53. The second kappa shape index (κ2) is 9.51. The molecule has 0 heterocycles. The van der Waals surface area contributed by atoms with Gasteiger partial charge in [-0.2, -0.15) is 10.5 Å². The minimum absolute atomic E-state index is 0.0108. The van der Waals surface area contributed by atoms with E-state index in [0.29, 0.717) is 29.4 Å². The van der Waals surface area contributed by atoms with Gasteiger partial charge >= 0.3 is 0 Å². The zero-order valence-electron chi connectivity index (χ0n) is 14.2. The first-order valence-electron chi connectivity index (χ1n) is 7.92. The van der Waals surface area contributed by atoms with Crippen molar-refractivity contribution in [1.29, 1.82) is 10.5 Å². The van der Waals surface area contributed by atoms with E-state index in [1.54, 1.807) is 42.5 Å². The SMILES string of the molecule is CCOc1cc(C=C(C#N)C#N)ccc1OCC(=O)Nc1ccccc1. The molecular formula is C20H17N3O3. The summed E-state index contributed by atoms with van der Waals surface area (Å²) in [5.41, 5.74) is 1.31. The Morgan fingerprint density at radius 3 is 2.46 bits per heavy atom. The van der Waals surface area contributed by atoms with Crippen LogP contribution in [0.5, 0.6) is 11.5 Å². The average Bonchev–Trinajstić information content (AvgIpc) is 2.66. The highest BCUT2D eigenvalue weighted by Gasteiger charge is 2.09. The van der Waals surface area contributed by atoms with Gasteiger partial charge < -0.3 is 14.8 Å². The molecule has 0 saturated heterocycles. The minimum Gasteiger partial charge on any atom is -0.490 e. The Morgan fingerprint density at radius 1 is 1.08 bits per heavy atom. The number of nitriles is 2. The van der Waals surface area contributed by atoms with E-state index in [-0.39, 0.29) is 18.1 Å². The first-order chi connectivity index (χ1) is 12.7. The fraction of sp³-hybridized carbons (Fsp3) is 0.150. The second-order valence-electron chi connectivity index (χ2n) is 5.12. The number of hydrogen-bond donors (Lipinski definition) is 1. The van der Waals surface area contributed by atoms with E-state index in [2.05, 4.69) is 5.32 Å². The Hall–Kier alpha value is -3.77. The van der Waals surface area contributed by atoms with Gasteiger partial charge in [-0.15, -0.1) is 0 Å². The maximum absolute atomic E-state index is 12.0. The number of carbonyl (C=O) groups is 1. The van der Waals surface area contributed by atoms with Gasteiger partial charge in [0.2, 0.25) is 0 Å². The highest BCUT2D eigenvalue weighted by Crippen LogP contribution is 2.29. The molecule has 0 aliphatic carbocycles. The molecule has 1 N–H and O–H groups in total. The highest BCUT2D eigenvalue weighted by molar-refractivity contribution is 5.91. The lowest BCUT2D eigenvalue weighted by Gasteiger charge is -2.12. The lowest BCUT2D eigenvalue weighted by Crippen LogP contribution is -2.20. The van der Waals surface area contributed by atoms with Crippen LogP contribution in [0, 0.1) is 22.7 Å². The third-order valence-corrected chi connectivity index (χ3v) is 3.24. The molecule has 0 radical (unpaired) electrons. The van der Waals surface area contributed by atoms with Gasteiger partial charge in [0.05, 0.1) is 6.61 Å². The summed E-state index contributed by atoms with van der Waals surface area (Å²) in [7, 11) is 0. The van der Waals surface area contributed by atoms with Gasteiger partial charge in [-0.1, -0.05) is 24.3 Å². The molecule has 6 nitrogen and oxygen atoms in total. The van der Waals surface area contributed by atoms with E-state index < -0.39 is 0 Å². The quantitative estimate of drug-likeness (QED) is 0.773. The van der Waals surface area contributed by atoms with E-state index in [9.17, 15) is 4.79 Å². The summed E-state index contributed by atoms with van der Waals surface area (Å²) in [4.78, 5) is 12.0. The topological polar surface area (TPSA) is 95.1 Å². The molecule has 0 fully saturated rings. The highest BCUT2D eigenvalue weighted by atomic mass is 16.5. The third-order valence-electron chi connectivity index (χ3n) is 3.24. The largest absolute Gasteiger partial charge is 0.490 e. The van der Waals surface area contributed by atoms with Crippen molar-refractivity contribution in [2.24, 2.45) is 0 Å². The third kappa shape index (κ3) is 5.40. The molecular weight excluding hydrogens is 330 g/mol. The van der Waals surface area contributed by atoms with Crippen LogP contribution in [0.4, 0.5) is 5.69 Å². The van der Waals surface area contributed by atoms with Crippen molar-refractivity contribution in [2.75, 3.05) is 18.5 Å². The summed E-state index contributed by atoms with van der Waals surface area (Å²) in [6, 6.07) is 17.7. The molecule has 26 heavy (non-hydrogen) atoms.